The fourth-order valence-corrected chi connectivity index (χ4v) is 3.10. The van der Waals surface area contributed by atoms with Gasteiger partial charge in [-0.1, -0.05) is 24.6 Å². The maximum Gasteiger partial charge on any atom is 0.416 e. The Balaban J connectivity index is 2.12. The molecule has 0 radical (unpaired) electrons. The highest BCUT2D eigenvalue weighted by atomic mass is 35.5. The molecule has 2 unspecified atom stereocenters. The van der Waals surface area contributed by atoms with Gasteiger partial charge >= 0.3 is 6.18 Å². The number of carbonyl (C=O) groups excluding carboxylic acids is 1. The summed E-state index contributed by atoms with van der Waals surface area (Å²) in [6.45, 7) is 3.69. The van der Waals surface area contributed by atoms with E-state index >= 15 is 0 Å². The van der Waals surface area contributed by atoms with Crippen molar-refractivity contribution in [2.75, 3.05) is 0 Å². The fraction of sp³-hybridized carbons (Fsp3) is 0.368. The number of hydrogen-bond donors (Lipinski definition) is 1. The molecular weight excluding hydrogens is 365 g/mol. The molecular formula is C19H20ClF3N2O. The summed E-state index contributed by atoms with van der Waals surface area (Å²) < 4.78 is 38.9. The van der Waals surface area contributed by atoms with Crippen LogP contribution >= 0.6 is 11.6 Å². The van der Waals surface area contributed by atoms with Crippen molar-refractivity contribution < 1.29 is 18.0 Å². The number of nitrogens with one attached hydrogen (secondary N) is 1. The molecule has 0 aliphatic heterocycles. The van der Waals surface area contributed by atoms with E-state index in [2.05, 4.69) is 10.3 Å². The lowest BCUT2D eigenvalue weighted by Gasteiger charge is -2.23. The number of alkyl halides is 3. The highest BCUT2D eigenvalue weighted by molar-refractivity contribution is 6.31. The van der Waals surface area contributed by atoms with Crippen LogP contribution in [0.1, 0.15) is 54.2 Å². The number of aromatic nitrogens is 1. The van der Waals surface area contributed by atoms with Crippen molar-refractivity contribution in [2.24, 2.45) is 0 Å². The molecule has 1 amide bonds. The van der Waals surface area contributed by atoms with Crippen LogP contribution in [0.4, 0.5) is 13.2 Å². The van der Waals surface area contributed by atoms with E-state index in [-0.39, 0.29) is 17.9 Å². The van der Waals surface area contributed by atoms with Gasteiger partial charge in [-0.3, -0.25) is 9.78 Å². The van der Waals surface area contributed by atoms with E-state index < -0.39 is 11.7 Å². The maximum absolute atomic E-state index is 13.0. The van der Waals surface area contributed by atoms with Crippen LogP contribution in [0.2, 0.25) is 5.02 Å². The van der Waals surface area contributed by atoms with Crippen molar-refractivity contribution >= 4 is 17.5 Å². The molecule has 3 nitrogen and oxygen atoms in total. The van der Waals surface area contributed by atoms with E-state index in [1.807, 2.05) is 13.8 Å². The predicted molar refractivity (Wildman–Crippen MR) is 95.3 cm³/mol. The fourth-order valence-electron chi connectivity index (χ4n) is 2.83. The number of amides is 1. The van der Waals surface area contributed by atoms with E-state index in [0.29, 0.717) is 29.1 Å². The number of rotatable bonds is 6. The minimum Gasteiger partial charge on any atom is -0.348 e. The molecule has 0 fully saturated rings. The molecule has 0 aliphatic rings. The van der Waals surface area contributed by atoms with E-state index in [1.54, 1.807) is 18.2 Å². The van der Waals surface area contributed by atoms with Gasteiger partial charge in [-0.25, -0.2) is 0 Å². The Hall–Kier alpha value is -2.08. The lowest BCUT2D eigenvalue weighted by Crippen LogP contribution is -2.34. The largest absolute Gasteiger partial charge is 0.416 e. The average Bonchev–Trinajstić information content (AvgIpc) is 2.60. The minimum atomic E-state index is -4.42. The zero-order chi connectivity index (χ0) is 19.3. The Labute approximate surface area is 155 Å². The van der Waals surface area contributed by atoms with Crippen LogP contribution < -0.4 is 5.32 Å². The lowest BCUT2D eigenvalue weighted by molar-refractivity contribution is -0.137. The van der Waals surface area contributed by atoms with Crippen molar-refractivity contribution in [3.8, 4) is 0 Å². The summed E-state index contributed by atoms with van der Waals surface area (Å²) in [5.74, 6) is -0.521. The zero-order valence-corrected chi connectivity index (χ0v) is 15.2. The van der Waals surface area contributed by atoms with Crippen molar-refractivity contribution in [2.45, 2.75) is 44.8 Å². The van der Waals surface area contributed by atoms with Crippen LogP contribution in [0.15, 0.2) is 42.6 Å². The van der Waals surface area contributed by atoms with Crippen molar-refractivity contribution in [1.29, 1.82) is 0 Å². The molecule has 1 aromatic heterocycles. The third-order valence-electron chi connectivity index (χ3n) is 4.17. The summed E-state index contributed by atoms with van der Waals surface area (Å²) in [7, 11) is 0. The third kappa shape index (κ3) is 5.21. The topological polar surface area (TPSA) is 42.0 Å². The summed E-state index contributed by atoms with van der Waals surface area (Å²) in [5.41, 5.74) is 0.0213. The highest BCUT2D eigenvalue weighted by Crippen LogP contribution is 2.36. The second kappa shape index (κ2) is 8.54. The summed E-state index contributed by atoms with van der Waals surface area (Å²) in [6, 6.07) is 8.13. The van der Waals surface area contributed by atoms with Gasteiger partial charge in [0.05, 0.1) is 5.56 Å². The van der Waals surface area contributed by atoms with E-state index in [1.165, 1.54) is 12.3 Å². The molecule has 7 heteroatoms. The first-order chi connectivity index (χ1) is 12.2. The van der Waals surface area contributed by atoms with Crippen LogP contribution in [-0.2, 0) is 6.18 Å². The van der Waals surface area contributed by atoms with E-state index in [0.717, 1.165) is 12.1 Å². The summed E-state index contributed by atoms with van der Waals surface area (Å²) in [5, 5.41) is 3.13. The molecule has 140 valence electrons. The van der Waals surface area contributed by atoms with E-state index in [4.69, 9.17) is 11.6 Å². The van der Waals surface area contributed by atoms with Crippen LogP contribution in [0.25, 0.3) is 0 Å². The quantitative estimate of drug-likeness (QED) is 0.718. The monoisotopic (exact) mass is 384 g/mol. The normalized spacial score (nSPS) is 13.9. The second-order valence-electron chi connectivity index (χ2n) is 6.16. The van der Waals surface area contributed by atoms with Gasteiger partial charge in [0, 0.05) is 17.3 Å². The Morgan fingerprint density at radius 3 is 2.58 bits per heavy atom. The van der Waals surface area contributed by atoms with Crippen LogP contribution in [0.5, 0.6) is 0 Å². The van der Waals surface area contributed by atoms with Gasteiger partial charge in [-0.2, -0.15) is 13.2 Å². The number of benzene rings is 1. The van der Waals surface area contributed by atoms with Crippen LogP contribution in [0.3, 0.4) is 0 Å². The molecule has 26 heavy (non-hydrogen) atoms. The molecule has 1 N–H and O–H groups in total. The molecule has 0 saturated carbocycles. The number of halogens is 4. The number of pyridine rings is 1. The lowest BCUT2D eigenvalue weighted by atomic mass is 9.89. The Morgan fingerprint density at radius 1 is 1.27 bits per heavy atom. The molecule has 0 aliphatic carbocycles. The summed E-state index contributed by atoms with van der Waals surface area (Å²) in [4.78, 5) is 16.1. The van der Waals surface area contributed by atoms with Gasteiger partial charge in [0.1, 0.15) is 5.69 Å². The van der Waals surface area contributed by atoms with Crippen LogP contribution in [-0.4, -0.2) is 16.9 Å². The zero-order valence-electron chi connectivity index (χ0n) is 14.5. The molecule has 2 aromatic rings. The highest BCUT2D eigenvalue weighted by Gasteiger charge is 2.31. The Bertz CT molecular complexity index is 750. The predicted octanol–water partition coefficient (Wildman–Crippen LogP) is 5.46. The van der Waals surface area contributed by atoms with Crippen molar-refractivity contribution in [3.05, 3.63) is 64.4 Å². The molecule has 1 heterocycles. The molecule has 0 saturated heterocycles. The molecule has 1 aromatic carbocycles. The minimum absolute atomic E-state index is 0.205. The van der Waals surface area contributed by atoms with Gasteiger partial charge in [0.25, 0.3) is 5.91 Å². The molecule has 2 rings (SSSR count). The summed E-state index contributed by atoms with van der Waals surface area (Å²) in [6.07, 6.45) is -1.83. The molecule has 0 spiro atoms. The van der Waals surface area contributed by atoms with Gasteiger partial charge in [-0.05, 0) is 61.6 Å². The third-order valence-corrected chi connectivity index (χ3v) is 4.51. The number of nitrogens with zero attached hydrogens (tertiary/aromatic N) is 1. The molecule has 2 atom stereocenters. The van der Waals surface area contributed by atoms with Crippen LogP contribution in [0, 0.1) is 0 Å². The van der Waals surface area contributed by atoms with Gasteiger partial charge < -0.3 is 5.32 Å². The average molecular weight is 385 g/mol. The standard InChI is InChI=1S/C19H20ClF3N2O/c1-3-13(15-11-14(19(21,22)23)7-8-16(15)20)10-12(2)25-18(26)17-6-4-5-9-24-17/h4-9,11-13H,3,10H2,1-2H3,(H,25,26). The Kier molecular flexibility index (Phi) is 6.64. The number of hydrogen-bond acceptors (Lipinski definition) is 2. The first kappa shape index (κ1) is 20.2. The first-order valence-corrected chi connectivity index (χ1v) is 8.68. The second-order valence-corrected chi connectivity index (χ2v) is 6.57. The smallest absolute Gasteiger partial charge is 0.348 e. The van der Waals surface area contributed by atoms with Crippen molar-refractivity contribution in [1.82, 2.24) is 10.3 Å². The molecule has 0 bridgehead atoms. The van der Waals surface area contributed by atoms with E-state index in [9.17, 15) is 18.0 Å². The Morgan fingerprint density at radius 2 is 2.00 bits per heavy atom. The first-order valence-electron chi connectivity index (χ1n) is 8.31. The SMILES string of the molecule is CCC(CC(C)NC(=O)c1ccccn1)c1cc(C(F)(F)F)ccc1Cl. The van der Waals surface area contributed by atoms with Crippen molar-refractivity contribution in [3.63, 3.8) is 0 Å². The number of carbonyl (C=O) groups is 1. The van der Waals surface area contributed by atoms with Gasteiger partial charge in [-0.15, -0.1) is 0 Å². The van der Waals surface area contributed by atoms with Gasteiger partial charge in [0.2, 0.25) is 0 Å². The maximum atomic E-state index is 13.0. The summed E-state index contributed by atoms with van der Waals surface area (Å²) >= 11 is 6.14. The van der Waals surface area contributed by atoms with Gasteiger partial charge in [0.15, 0.2) is 0 Å².